The van der Waals surface area contributed by atoms with E-state index < -0.39 is 31.7 Å². The van der Waals surface area contributed by atoms with Crippen LogP contribution in [0, 0.1) is 5.92 Å². The van der Waals surface area contributed by atoms with Gasteiger partial charge in [-0.05, 0) is 42.6 Å². The normalized spacial score (nSPS) is 19.4. The summed E-state index contributed by atoms with van der Waals surface area (Å²) in [6, 6.07) is 9.01. The molecule has 1 fully saturated rings. The number of esters is 1. The van der Waals surface area contributed by atoms with E-state index in [1.807, 2.05) is 6.07 Å². The van der Waals surface area contributed by atoms with Gasteiger partial charge in [-0.15, -0.1) is 0 Å². The van der Waals surface area contributed by atoms with Crippen LogP contribution in [0.1, 0.15) is 85.8 Å². The van der Waals surface area contributed by atoms with Crippen LogP contribution in [-0.4, -0.2) is 82.6 Å². The van der Waals surface area contributed by atoms with Gasteiger partial charge in [0.25, 0.3) is 5.56 Å². The highest BCUT2D eigenvalue weighted by Crippen LogP contribution is 2.43. The minimum atomic E-state index is -2.36. The molecule has 2 atom stereocenters. The van der Waals surface area contributed by atoms with Crippen molar-refractivity contribution < 1.29 is 23.5 Å². The number of nitrogens with zero attached hydrogens (tertiary/aromatic N) is 4. The fraction of sp³-hybridized carbons (Fsp3) is 0.618. The molecule has 2 aromatic heterocycles. The lowest BCUT2D eigenvalue weighted by atomic mass is 10.0. The number of imidazole rings is 1. The van der Waals surface area contributed by atoms with Crippen LogP contribution >= 0.6 is 0 Å². The third-order valence-corrected chi connectivity index (χ3v) is 15.3. The zero-order valence-electron chi connectivity index (χ0n) is 29.5. The number of benzene rings is 1. The molecule has 0 bridgehead atoms. The van der Waals surface area contributed by atoms with Gasteiger partial charge in [-0.1, -0.05) is 73.6 Å². The highest BCUT2D eigenvalue weighted by Gasteiger charge is 2.50. The first-order valence-corrected chi connectivity index (χ1v) is 18.8. The number of aromatic nitrogens is 4. The van der Waals surface area contributed by atoms with Crippen molar-refractivity contribution >= 4 is 37.3 Å². The molecule has 1 aliphatic heterocycles. The van der Waals surface area contributed by atoms with E-state index >= 15 is 0 Å². The summed E-state index contributed by atoms with van der Waals surface area (Å²) in [5.74, 6) is -0.992. The summed E-state index contributed by atoms with van der Waals surface area (Å²) in [4.78, 5) is 52.5. The van der Waals surface area contributed by atoms with Crippen LogP contribution in [0.4, 0.5) is 5.95 Å². The average Bonchev–Trinajstić information content (AvgIpc) is 3.44. The number of amides is 1. The second kappa shape index (κ2) is 14.8. The predicted molar refractivity (Wildman–Crippen MR) is 185 cm³/mol. The summed E-state index contributed by atoms with van der Waals surface area (Å²) in [6.07, 6.45) is 0.873. The van der Waals surface area contributed by atoms with E-state index in [1.165, 1.54) is 6.33 Å². The van der Waals surface area contributed by atoms with Crippen LogP contribution in [0.5, 0.6) is 0 Å². The fourth-order valence-corrected chi connectivity index (χ4v) is 12.3. The van der Waals surface area contributed by atoms with Crippen molar-refractivity contribution in [2.45, 2.75) is 104 Å². The van der Waals surface area contributed by atoms with Crippen molar-refractivity contribution in [1.82, 2.24) is 24.4 Å². The van der Waals surface area contributed by atoms with E-state index in [0.717, 1.165) is 0 Å². The first-order valence-electron chi connectivity index (χ1n) is 16.7. The monoisotopic (exact) mass is 668 g/mol. The number of ether oxygens (including phenoxy) is 2. The number of nitrogens with one attached hydrogen (secondary N) is 2. The van der Waals surface area contributed by atoms with Gasteiger partial charge in [0.2, 0.25) is 11.9 Å². The molecule has 2 N–H and O–H groups in total. The van der Waals surface area contributed by atoms with Crippen molar-refractivity contribution in [2.75, 3.05) is 31.6 Å². The molecule has 1 amide bonds. The number of carbonyl (C=O) groups excluding carboxylic acids is 2. The van der Waals surface area contributed by atoms with Gasteiger partial charge in [-0.3, -0.25) is 29.4 Å². The van der Waals surface area contributed by atoms with Crippen LogP contribution in [0.15, 0.2) is 41.5 Å². The number of hydrogen-bond donors (Lipinski definition) is 2. The molecular formula is C34H52N6O6Si. The molecule has 12 nitrogen and oxygen atoms in total. The average molecular weight is 669 g/mol. The van der Waals surface area contributed by atoms with Gasteiger partial charge in [-0.2, -0.15) is 4.98 Å². The molecule has 0 saturated carbocycles. The predicted octanol–water partition coefficient (Wildman–Crippen LogP) is 5.74. The van der Waals surface area contributed by atoms with Gasteiger partial charge < -0.3 is 13.9 Å². The summed E-state index contributed by atoms with van der Waals surface area (Å²) in [6.45, 7) is 22.2. The fourth-order valence-electron chi connectivity index (χ4n) is 6.81. The van der Waals surface area contributed by atoms with Crippen LogP contribution < -0.4 is 10.9 Å². The summed E-state index contributed by atoms with van der Waals surface area (Å²) in [5.41, 5.74) is 0.320. The molecule has 0 radical (unpaired) electrons. The van der Waals surface area contributed by atoms with Crippen LogP contribution in [-0.2, 0) is 18.7 Å². The lowest BCUT2D eigenvalue weighted by molar-refractivity contribution is -0.215. The molecule has 47 heavy (non-hydrogen) atoms. The largest absolute Gasteiger partial charge is 0.459 e. The molecule has 258 valence electrons. The molecule has 1 saturated heterocycles. The van der Waals surface area contributed by atoms with Crippen molar-refractivity contribution in [2.24, 2.45) is 5.92 Å². The maximum atomic E-state index is 13.2. The smallest absolute Gasteiger partial charge is 0.338 e. The van der Waals surface area contributed by atoms with Gasteiger partial charge >= 0.3 is 5.97 Å². The third-order valence-electron chi connectivity index (χ3n) is 9.27. The lowest BCUT2D eigenvalue weighted by Crippen LogP contribution is -2.62. The number of H-pyrrole nitrogens is 1. The molecule has 4 rings (SSSR count). The summed E-state index contributed by atoms with van der Waals surface area (Å²) in [7, 11) is -2.36. The Labute approximate surface area is 278 Å². The minimum absolute atomic E-state index is 0.0347. The van der Waals surface area contributed by atoms with Gasteiger partial charge in [0.15, 0.2) is 19.5 Å². The number of rotatable bonds is 13. The quantitative estimate of drug-likeness (QED) is 0.172. The lowest BCUT2D eigenvalue weighted by Gasteiger charge is -2.50. The highest BCUT2D eigenvalue weighted by molar-refractivity contribution is 6.77. The Balaban J connectivity index is 1.78. The van der Waals surface area contributed by atoms with Crippen LogP contribution in [0.2, 0.25) is 16.6 Å². The Morgan fingerprint density at radius 3 is 2.23 bits per heavy atom. The number of anilines is 1. The third kappa shape index (κ3) is 7.85. The molecule has 1 aromatic carbocycles. The van der Waals surface area contributed by atoms with Gasteiger partial charge in [0.1, 0.15) is 18.4 Å². The molecule has 3 aromatic rings. The Hall–Kier alpha value is -3.39. The molecule has 3 heterocycles. The van der Waals surface area contributed by atoms with E-state index in [-0.39, 0.29) is 48.2 Å². The zero-order valence-corrected chi connectivity index (χ0v) is 30.5. The molecule has 0 unspecified atom stereocenters. The zero-order chi connectivity index (χ0) is 34.7. The van der Waals surface area contributed by atoms with Crippen molar-refractivity contribution in [3.8, 4) is 0 Å². The molecule has 1 aliphatic rings. The second-order valence-corrected chi connectivity index (χ2v) is 19.7. The van der Waals surface area contributed by atoms with E-state index in [4.69, 9.17) is 13.9 Å². The van der Waals surface area contributed by atoms with E-state index in [0.29, 0.717) is 35.3 Å². The Morgan fingerprint density at radius 1 is 1.02 bits per heavy atom. The SMILES string of the molecule is CC(C)C(=O)Nc1nc2c(ncn2[C@H]2CN(C(C)C)C[C@](COC(=O)c3ccccc3)(CO[Si](C(C)C)(C(C)C)C(C)C)O2)c(=O)[nH]1. The van der Waals surface area contributed by atoms with Crippen LogP contribution in [0.3, 0.4) is 0 Å². The highest BCUT2D eigenvalue weighted by atomic mass is 28.4. The van der Waals surface area contributed by atoms with Gasteiger partial charge in [0.05, 0.1) is 18.5 Å². The number of aromatic amines is 1. The molecular weight excluding hydrogens is 616 g/mol. The number of carbonyl (C=O) groups is 2. The Morgan fingerprint density at radius 2 is 1.66 bits per heavy atom. The Bertz CT molecular complexity index is 1560. The summed E-state index contributed by atoms with van der Waals surface area (Å²) < 4.78 is 21.8. The van der Waals surface area contributed by atoms with Crippen LogP contribution in [0.25, 0.3) is 11.2 Å². The van der Waals surface area contributed by atoms with Gasteiger partial charge in [0, 0.05) is 25.0 Å². The molecule has 0 aliphatic carbocycles. The van der Waals surface area contributed by atoms with E-state index in [1.54, 1.807) is 42.7 Å². The molecule has 0 spiro atoms. The van der Waals surface area contributed by atoms with Crippen molar-refractivity contribution in [3.05, 3.63) is 52.6 Å². The van der Waals surface area contributed by atoms with E-state index in [2.05, 4.69) is 80.6 Å². The second-order valence-electron chi connectivity index (χ2n) is 14.2. The number of fused-ring (bicyclic) bond motifs is 1. The van der Waals surface area contributed by atoms with Crippen molar-refractivity contribution in [1.29, 1.82) is 0 Å². The summed E-state index contributed by atoms with van der Waals surface area (Å²) in [5, 5.41) is 2.68. The molecule has 13 heteroatoms. The van der Waals surface area contributed by atoms with E-state index in [9.17, 15) is 14.4 Å². The Kier molecular flexibility index (Phi) is 11.5. The summed E-state index contributed by atoms with van der Waals surface area (Å²) >= 11 is 0. The number of morpholine rings is 1. The first-order chi connectivity index (χ1) is 22.1. The topological polar surface area (TPSA) is 141 Å². The standard InChI is InChI=1S/C34H52N6O6Si/c1-21(2)30(41)37-33-36-29-28(31(42)38-33)35-20-40(29)27-16-39(22(3)4)17-34(46-27,18-44-32(43)26-14-12-11-13-15-26)19-45-47(23(5)6,24(7)8)25(9)10/h11-15,20-25,27H,16-19H2,1-10H3,(H2,36,37,38,41,42)/t27-,34+/m1/s1. The maximum Gasteiger partial charge on any atom is 0.338 e. The first kappa shape index (κ1) is 36.4. The van der Waals surface area contributed by atoms with Crippen molar-refractivity contribution in [3.63, 3.8) is 0 Å². The maximum absolute atomic E-state index is 13.2. The minimum Gasteiger partial charge on any atom is -0.459 e. The van der Waals surface area contributed by atoms with Gasteiger partial charge in [-0.25, -0.2) is 9.78 Å². The number of hydrogen-bond acceptors (Lipinski definition) is 9.